The topological polar surface area (TPSA) is 184 Å². The Morgan fingerprint density at radius 1 is 1.12 bits per heavy atom. The van der Waals surface area contributed by atoms with Gasteiger partial charge in [0.1, 0.15) is 37.0 Å². The fourth-order valence-corrected chi connectivity index (χ4v) is 1.42. The van der Waals surface area contributed by atoms with Gasteiger partial charge in [0.2, 0.25) is 0 Å². The zero-order valence-electron chi connectivity index (χ0n) is 13.3. The second-order valence-corrected chi connectivity index (χ2v) is 5.80. The molecule has 0 aromatic heterocycles. The molecular weight excluding hydrogens is 359 g/mol. The molecule has 0 aliphatic carbocycles. The van der Waals surface area contributed by atoms with Gasteiger partial charge in [-0.2, -0.15) is 13.2 Å². The van der Waals surface area contributed by atoms with E-state index in [0.29, 0.717) is 0 Å². The van der Waals surface area contributed by atoms with Crippen LogP contribution in [0.5, 0.6) is 0 Å². The summed E-state index contributed by atoms with van der Waals surface area (Å²) in [5.74, 6) is -3.61. The van der Waals surface area contributed by atoms with Gasteiger partial charge in [0.25, 0.3) is 0 Å². The van der Waals surface area contributed by atoms with Gasteiger partial charge < -0.3 is 45.5 Å². The average molecular weight is 379 g/mol. The molecule has 1 aliphatic heterocycles. The van der Waals surface area contributed by atoms with Gasteiger partial charge in [0, 0.05) is 13.8 Å². The Morgan fingerprint density at radius 2 is 1.56 bits per heavy atom. The number of carboxylic acids is 1. The molecule has 0 saturated carbocycles. The maximum Gasteiger partial charge on any atom is 0.430 e. The highest BCUT2D eigenvalue weighted by atomic mass is 19.4. The molecule has 1 heterocycles. The third kappa shape index (κ3) is 7.50. The van der Waals surface area contributed by atoms with Crippen molar-refractivity contribution in [3.63, 3.8) is 0 Å². The Hall–Kier alpha value is -1.51. The summed E-state index contributed by atoms with van der Waals surface area (Å²) in [4.78, 5) is 20.2. The van der Waals surface area contributed by atoms with E-state index in [1.165, 1.54) is 0 Å². The normalized spacial score (nSPS) is 30.1. The second-order valence-electron chi connectivity index (χ2n) is 5.80. The number of aliphatic hydroxyl groups excluding tert-OH is 4. The van der Waals surface area contributed by atoms with E-state index < -0.39 is 54.4 Å². The maximum atomic E-state index is 11.4. The molecule has 0 amide bonds. The van der Waals surface area contributed by atoms with Gasteiger partial charge in [-0.15, -0.1) is 0 Å². The molecule has 148 valence electrons. The van der Waals surface area contributed by atoms with Crippen LogP contribution in [0.2, 0.25) is 0 Å². The number of carboxylic acid groups (broad SMARTS) is 1. The van der Waals surface area contributed by atoms with Crippen molar-refractivity contribution in [2.45, 2.75) is 56.3 Å². The van der Waals surface area contributed by atoms with Gasteiger partial charge in [-0.3, -0.25) is 0 Å². The van der Waals surface area contributed by atoms with E-state index in [-0.39, 0.29) is 6.61 Å². The number of carbonyl (C=O) groups excluding carboxylic acids is 2. The number of alkyl halides is 3. The molecule has 1 saturated heterocycles. The lowest BCUT2D eigenvalue weighted by Crippen LogP contribution is -2.73. The minimum absolute atomic E-state index is 0.347. The molecule has 1 rings (SSSR count). The van der Waals surface area contributed by atoms with E-state index in [4.69, 9.17) is 19.4 Å². The van der Waals surface area contributed by atoms with Gasteiger partial charge in [-0.25, -0.2) is 4.79 Å². The standard InChI is InChI=1S/C10H19NO7.C2HF3O2/c1-10(2,11)9(16)17-3-4-5(12)6(13)7(14)8(15)18-4;3-2(4,5)1(6)7/h4-8,12-15H,3,11H2,1-2H3;(H,6,7)/t4-,5+,6+,7-,8+;/m1./s1. The van der Waals surface area contributed by atoms with Gasteiger partial charge in [0.15, 0.2) is 11.8 Å². The van der Waals surface area contributed by atoms with Crippen LogP contribution < -0.4 is 10.8 Å². The summed E-state index contributed by atoms with van der Waals surface area (Å²) in [6, 6.07) is 0. The SMILES string of the molecule is CC(C)([NH3+])C(=O)OC[C@H]1O[C@H](O)[C@H](O)[C@@H](O)[C@H]1O.O=C([O-])C(F)(F)F. The first-order valence-electron chi connectivity index (χ1n) is 6.77. The van der Waals surface area contributed by atoms with Crippen molar-refractivity contribution >= 4 is 11.9 Å². The fraction of sp³-hybridized carbons (Fsp3) is 0.833. The molecule has 7 N–H and O–H groups in total. The van der Waals surface area contributed by atoms with Crippen molar-refractivity contribution in [1.82, 2.24) is 0 Å². The lowest BCUT2D eigenvalue weighted by molar-refractivity contribution is -0.451. The summed E-state index contributed by atoms with van der Waals surface area (Å²) < 4.78 is 41.2. The molecule has 0 bridgehead atoms. The van der Waals surface area contributed by atoms with E-state index in [1.54, 1.807) is 13.8 Å². The molecule has 5 atom stereocenters. The molecule has 10 nitrogen and oxygen atoms in total. The van der Waals surface area contributed by atoms with E-state index >= 15 is 0 Å². The lowest BCUT2D eigenvalue weighted by Gasteiger charge is -2.38. The number of hydrogen-bond acceptors (Lipinski definition) is 9. The van der Waals surface area contributed by atoms with Crippen LogP contribution in [0.25, 0.3) is 0 Å². The lowest BCUT2D eigenvalue weighted by atomic mass is 9.99. The summed E-state index contributed by atoms with van der Waals surface area (Å²) in [5, 5.41) is 46.3. The first kappa shape index (κ1) is 23.5. The predicted molar refractivity (Wildman–Crippen MR) is 67.9 cm³/mol. The van der Waals surface area contributed by atoms with Crippen LogP contribution in [-0.4, -0.2) is 81.4 Å². The molecule has 25 heavy (non-hydrogen) atoms. The number of rotatable bonds is 3. The predicted octanol–water partition coefficient (Wildman–Crippen LogP) is -4.35. The van der Waals surface area contributed by atoms with Crippen molar-refractivity contribution in [3.8, 4) is 0 Å². The largest absolute Gasteiger partial charge is 0.542 e. The van der Waals surface area contributed by atoms with Gasteiger partial charge in [-0.1, -0.05) is 0 Å². The monoisotopic (exact) mass is 379 g/mol. The molecule has 0 spiro atoms. The van der Waals surface area contributed by atoms with E-state index in [0.717, 1.165) is 0 Å². The van der Waals surface area contributed by atoms with Crippen LogP contribution in [0.3, 0.4) is 0 Å². The first-order valence-corrected chi connectivity index (χ1v) is 6.77. The molecule has 13 heteroatoms. The number of ether oxygens (including phenoxy) is 2. The van der Waals surface area contributed by atoms with Crippen LogP contribution in [0, 0.1) is 0 Å². The van der Waals surface area contributed by atoms with Gasteiger partial charge in [0.05, 0.1) is 0 Å². The number of aliphatic carboxylic acids is 1. The number of carbonyl (C=O) groups is 2. The third-order valence-corrected chi connectivity index (χ3v) is 2.85. The van der Waals surface area contributed by atoms with Crippen molar-refractivity contribution in [2.24, 2.45) is 0 Å². The Bertz CT molecular complexity index is 466. The molecular formula is C12H20F3NO9. The van der Waals surface area contributed by atoms with Crippen LogP contribution in [0.4, 0.5) is 13.2 Å². The van der Waals surface area contributed by atoms with E-state index in [1.807, 2.05) is 0 Å². The smallest absolute Gasteiger partial charge is 0.430 e. The summed E-state index contributed by atoms with van der Waals surface area (Å²) in [7, 11) is 0. The van der Waals surface area contributed by atoms with Crippen molar-refractivity contribution in [2.75, 3.05) is 6.61 Å². The molecule has 1 fully saturated rings. The highest BCUT2D eigenvalue weighted by molar-refractivity contribution is 5.77. The summed E-state index contributed by atoms with van der Waals surface area (Å²) in [5.41, 5.74) is 2.63. The Morgan fingerprint density at radius 3 is 1.92 bits per heavy atom. The Balaban J connectivity index is 0.000000697. The number of hydrogen-bond donors (Lipinski definition) is 5. The fourth-order valence-electron chi connectivity index (χ4n) is 1.42. The number of quaternary nitrogens is 1. The van der Waals surface area contributed by atoms with Crippen molar-refractivity contribution in [1.29, 1.82) is 0 Å². The van der Waals surface area contributed by atoms with Crippen molar-refractivity contribution < 1.29 is 63.5 Å². The van der Waals surface area contributed by atoms with Gasteiger partial charge in [-0.05, 0) is 0 Å². The number of aliphatic hydroxyl groups is 4. The highest BCUT2D eigenvalue weighted by Crippen LogP contribution is 2.20. The maximum absolute atomic E-state index is 11.4. The minimum Gasteiger partial charge on any atom is -0.542 e. The highest BCUT2D eigenvalue weighted by Gasteiger charge is 2.44. The van der Waals surface area contributed by atoms with Crippen LogP contribution >= 0.6 is 0 Å². The summed E-state index contributed by atoms with van der Waals surface area (Å²) in [6.07, 6.45) is -12.6. The first-order chi connectivity index (χ1) is 11.1. The van der Waals surface area contributed by atoms with E-state index in [2.05, 4.69) is 5.73 Å². The third-order valence-electron chi connectivity index (χ3n) is 2.85. The molecule has 0 unspecified atom stereocenters. The summed E-state index contributed by atoms with van der Waals surface area (Å²) >= 11 is 0. The zero-order valence-corrected chi connectivity index (χ0v) is 13.3. The zero-order chi connectivity index (χ0) is 20.2. The Labute approximate surface area is 139 Å². The number of halogens is 3. The molecule has 0 aromatic carbocycles. The van der Waals surface area contributed by atoms with Crippen LogP contribution in [0.1, 0.15) is 13.8 Å². The van der Waals surface area contributed by atoms with Gasteiger partial charge >= 0.3 is 12.1 Å². The second kappa shape index (κ2) is 8.73. The molecule has 0 aromatic rings. The van der Waals surface area contributed by atoms with Crippen LogP contribution in [-0.2, 0) is 19.1 Å². The van der Waals surface area contributed by atoms with Crippen LogP contribution in [0.15, 0.2) is 0 Å². The average Bonchev–Trinajstić information content (AvgIpc) is 2.45. The van der Waals surface area contributed by atoms with Crippen molar-refractivity contribution in [3.05, 3.63) is 0 Å². The Kier molecular flexibility index (Phi) is 8.20. The summed E-state index contributed by atoms with van der Waals surface area (Å²) in [6.45, 7) is 2.77. The number of esters is 1. The molecule has 1 aliphatic rings. The van der Waals surface area contributed by atoms with E-state index in [9.17, 15) is 38.4 Å². The minimum atomic E-state index is -5.19. The quantitative estimate of drug-likeness (QED) is 0.302. The molecule has 0 radical (unpaired) electrons.